The zero-order valence-corrected chi connectivity index (χ0v) is 13.2. The molecule has 0 heterocycles. The van der Waals surface area contributed by atoms with Gasteiger partial charge < -0.3 is 0 Å². The van der Waals surface area contributed by atoms with E-state index in [4.69, 9.17) is 0 Å². The molecule has 1 saturated carbocycles. The van der Waals surface area contributed by atoms with Gasteiger partial charge in [-0.15, -0.1) is 0 Å². The van der Waals surface area contributed by atoms with E-state index in [0.717, 1.165) is 17.8 Å². The van der Waals surface area contributed by atoms with Gasteiger partial charge >= 0.3 is 0 Å². The van der Waals surface area contributed by atoms with Crippen LogP contribution in [0.5, 0.6) is 0 Å². The van der Waals surface area contributed by atoms with Gasteiger partial charge in [0, 0.05) is 0 Å². The largest absolute Gasteiger partial charge is 0.0654 e. The van der Waals surface area contributed by atoms with Crippen molar-refractivity contribution < 1.29 is 0 Å². The molecule has 108 valence electrons. The third kappa shape index (κ3) is 5.76. The lowest BCUT2D eigenvalue weighted by Gasteiger charge is -2.34. The maximum atomic E-state index is 2.36. The summed E-state index contributed by atoms with van der Waals surface area (Å²) in [6.45, 7) is 7.04. The van der Waals surface area contributed by atoms with E-state index in [-0.39, 0.29) is 0 Å². The molecule has 0 N–H and O–H groups in total. The van der Waals surface area contributed by atoms with E-state index in [1.165, 1.54) is 64.2 Å². The van der Waals surface area contributed by atoms with Crippen molar-refractivity contribution in [3.63, 3.8) is 0 Å². The van der Waals surface area contributed by atoms with Crippen molar-refractivity contribution in [2.45, 2.75) is 97.8 Å². The van der Waals surface area contributed by atoms with E-state index in [2.05, 4.69) is 20.8 Å². The Labute approximate surface area is 116 Å². The summed E-state index contributed by atoms with van der Waals surface area (Å²) in [4.78, 5) is 0. The van der Waals surface area contributed by atoms with Crippen LogP contribution in [0.2, 0.25) is 0 Å². The second-order valence-corrected chi connectivity index (χ2v) is 6.61. The molecule has 0 atom stereocenters. The fraction of sp³-hybridized carbons (Fsp3) is 1.00. The highest BCUT2D eigenvalue weighted by Gasteiger charge is 2.26. The van der Waals surface area contributed by atoms with Gasteiger partial charge in [0.15, 0.2) is 0 Å². The van der Waals surface area contributed by atoms with Crippen LogP contribution in [0.25, 0.3) is 0 Å². The lowest BCUT2D eigenvalue weighted by molar-refractivity contribution is 0.179. The fourth-order valence-corrected chi connectivity index (χ4v) is 3.99. The zero-order valence-electron chi connectivity index (χ0n) is 13.2. The van der Waals surface area contributed by atoms with E-state index in [9.17, 15) is 0 Å². The minimum Gasteiger partial charge on any atom is -0.0654 e. The number of unbranched alkanes of at least 4 members (excludes halogenated alkanes) is 2. The average molecular weight is 252 g/mol. The first-order valence-electron chi connectivity index (χ1n) is 8.81. The van der Waals surface area contributed by atoms with Gasteiger partial charge in [-0.1, -0.05) is 85.0 Å². The standard InChI is InChI=1S/C18H36/c1-4-7-8-11-16-12-14-18(15-13-16)17(9-5-2)10-6-3/h16-18H,4-15H2,1-3H3. The van der Waals surface area contributed by atoms with Gasteiger partial charge in [0.1, 0.15) is 0 Å². The maximum Gasteiger partial charge on any atom is -0.0386 e. The summed E-state index contributed by atoms with van der Waals surface area (Å²) in [5.74, 6) is 3.21. The number of rotatable bonds is 9. The van der Waals surface area contributed by atoms with Gasteiger partial charge in [0.25, 0.3) is 0 Å². The molecule has 0 nitrogen and oxygen atoms in total. The summed E-state index contributed by atoms with van der Waals surface area (Å²) in [6, 6.07) is 0. The molecule has 1 rings (SSSR count). The van der Waals surface area contributed by atoms with Crippen molar-refractivity contribution in [2.75, 3.05) is 0 Å². The molecule has 0 spiro atoms. The van der Waals surface area contributed by atoms with Crippen LogP contribution in [0.15, 0.2) is 0 Å². The SMILES string of the molecule is CCCCCC1CCC(C(CCC)CCC)CC1. The van der Waals surface area contributed by atoms with Crippen LogP contribution in [0, 0.1) is 17.8 Å². The molecule has 18 heavy (non-hydrogen) atoms. The van der Waals surface area contributed by atoms with Gasteiger partial charge in [-0.05, 0) is 30.6 Å². The molecule has 1 fully saturated rings. The van der Waals surface area contributed by atoms with E-state index < -0.39 is 0 Å². The Hall–Kier alpha value is 0. The predicted molar refractivity (Wildman–Crippen MR) is 82.9 cm³/mol. The highest BCUT2D eigenvalue weighted by molar-refractivity contribution is 4.77. The van der Waals surface area contributed by atoms with Crippen molar-refractivity contribution >= 4 is 0 Å². The zero-order chi connectivity index (χ0) is 13.2. The van der Waals surface area contributed by atoms with Crippen LogP contribution in [0.4, 0.5) is 0 Å². The molecule has 0 radical (unpaired) electrons. The topological polar surface area (TPSA) is 0 Å². The van der Waals surface area contributed by atoms with Gasteiger partial charge in [-0.3, -0.25) is 0 Å². The summed E-state index contributed by atoms with van der Waals surface area (Å²) < 4.78 is 0. The minimum atomic E-state index is 1.05. The smallest absolute Gasteiger partial charge is 0.0386 e. The number of hydrogen-bond donors (Lipinski definition) is 0. The molecule has 1 aliphatic rings. The Morgan fingerprint density at radius 3 is 1.89 bits per heavy atom. The van der Waals surface area contributed by atoms with Crippen LogP contribution in [0.1, 0.15) is 97.8 Å². The highest BCUT2D eigenvalue weighted by Crippen LogP contribution is 2.38. The third-order valence-electron chi connectivity index (χ3n) is 5.09. The molecule has 0 unspecified atom stereocenters. The molecule has 0 aromatic rings. The lowest BCUT2D eigenvalue weighted by atomic mass is 9.72. The van der Waals surface area contributed by atoms with E-state index >= 15 is 0 Å². The minimum absolute atomic E-state index is 1.05. The quantitative estimate of drug-likeness (QED) is 0.406. The first-order valence-corrected chi connectivity index (χ1v) is 8.81. The Bertz CT molecular complexity index is 170. The first-order chi connectivity index (χ1) is 8.81. The Kier molecular flexibility index (Phi) is 8.80. The Morgan fingerprint density at radius 1 is 0.778 bits per heavy atom. The normalized spacial score (nSPS) is 24.7. The van der Waals surface area contributed by atoms with Crippen molar-refractivity contribution in [2.24, 2.45) is 17.8 Å². The Morgan fingerprint density at radius 2 is 1.39 bits per heavy atom. The number of hydrogen-bond acceptors (Lipinski definition) is 0. The summed E-state index contributed by atoms with van der Waals surface area (Å²) in [5, 5.41) is 0. The summed E-state index contributed by atoms with van der Waals surface area (Å²) in [6.07, 6.45) is 17.8. The predicted octanol–water partition coefficient (Wildman–Crippen LogP) is 6.59. The summed E-state index contributed by atoms with van der Waals surface area (Å²) in [7, 11) is 0. The molecule has 0 amide bonds. The van der Waals surface area contributed by atoms with E-state index in [0.29, 0.717) is 0 Å². The van der Waals surface area contributed by atoms with Crippen LogP contribution in [-0.4, -0.2) is 0 Å². The molecular weight excluding hydrogens is 216 g/mol. The van der Waals surface area contributed by atoms with Gasteiger partial charge in [0.2, 0.25) is 0 Å². The van der Waals surface area contributed by atoms with E-state index in [1.807, 2.05) is 0 Å². The van der Waals surface area contributed by atoms with E-state index in [1.54, 1.807) is 12.8 Å². The van der Waals surface area contributed by atoms with Crippen molar-refractivity contribution in [3.8, 4) is 0 Å². The third-order valence-corrected chi connectivity index (χ3v) is 5.09. The monoisotopic (exact) mass is 252 g/mol. The average Bonchev–Trinajstić information content (AvgIpc) is 2.40. The second kappa shape index (κ2) is 9.87. The van der Waals surface area contributed by atoms with Crippen LogP contribution in [0.3, 0.4) is 0 Å². The molecule has 0 saturated heterocycles. The molecule has 0 heteroatoms. The molecule has 0 aliphatic heterocycles. The molecule has 1 aliphatic carbocycles. The van der Waals surface area contributed by atoms with Crippen molar-refractivity contribution in [1.29, 1.82) is 0 Å². The van der Waals surface area contributed by atoms with Gasteiger partial charge in [0.05, 0.1) is 0 Å². The summed E-state index contributed by atoms with van der Waals surface area (Å²) in [5.41, 5.74) is 0. The van der Waals surface area contributed by atoms with Crippen LogP contribution >= 0.6 is 0 Å². The van der Waals surface area contributed by atoms with Gasteiger partial charge in [-0.2, -0.15) is 0 Å². The first kappa shape index (κ1) is 16.1. The maximum absolute atomic E-state index is 2.36. The van der Waals surface area contributed by atoms with Gasteiger partial charge in [-0.25, -0.2) is 0 Å². The van der Waals surface area contributed by atoms with Crippen molar-refractivity contribution in [1.82, 2.24) is 0 Å². The lowest BCUT2D eigenvalue weighted by Crippen LogP contribution is -2.22. The van der Waals surface area contributed by atoms with Crippen LogP contribution in [-0.2, 0) is 0 Å². The second-order valence-electron chi connectivity index (χ2n) is 6.61. The van der Waals surface area contributed by atoms with Crippen LogP contribution < -0.4 is 0 Å². The molecule has 0 aromatic heterocycles. The fourth-order valence-electron chi connectivity index (χ4n) is 3.99. The molecular formula is C18H36. The van der Waals surface area contributed by atoms with Crippen molar-refractivity contribution in [3.05, 3.63) is 0 Å². The Balaban J connectivity index is 2.23. The molecule has 0 bridgehead atoms. The highest BCUT2D eigenvalue weighted by atomic mass is 14.3. The summed E-state index contributed by atoms with van der Waals surface area (Å²) >= 11 is 0. The molecule has 0 aromatic carbocycles.